The van der Waals surface area contributed by atoms with Crippen molar-refractivity contribution in [1.82, 2.24) is 5.32 Å². The molecule has 2 N–H and O–H groups in total. The number of nitrogens with one attached hydrogen (secondary N) is 2. The summed E-state index contributed by atoms with van der Waals surface area (Å²) in [4.78, 5) is 13.1. The molecule has 3 aromatic rings. The average molecular weight is 449 g/mol. The van der Waals surface area contributed by atoms with E-state index < -0.39 is 10.0 Å². The van der Waals surface area contributed by atoms with Gasteiger partial charge in [0.25, 0.3) is 15.9 Å². The molecule has 1 unspecified atom stereocenters. The lowest BCUT2D eigenvalue weighted by Crippen LogP contribution is -2.28. The van der Waals surface area contributed by atoms with Crippen molar-refractivity contribution in [3.05, 3.63) is 95.1 Å². The molecule has 1 aliphatic carbocycles. The largest absolute Gasteiger partial charge is 0.345 e. The highest BCUT2D eigenvalue weighted by molar-refractivity contribution is 7.92. The van der Waals surface area contributed by atoms with Crippen molar-refractivity contribution >= 4 is 21.6 Å². The van der Waals surface area contributed by atoms with E-state index in [1.807, 2.05) is 0 Å². The molecule has 1 atom stereocenters. The van der Waals surface area contributed by atoms with Gasteiger partial charge in [-0.2, -0.15) is 0 Å². The van der Waals surface area contributed by atoms with E-state index >= 15 is 0 Å². The Morgan fingerprint density at radius 1 is 0.906 bits per heavy atom. The maximum atomic E-state index is 13.0. The SMILES string of the molecule is CCC(NC(=O)c1cccc(NS(=O)(=O)c2ccccc2)c1)c1ccc2c(c1)CCCC2. The van der Waals surface area contributed by atoms with Crippen LogP contribution in [0.2, 0.25) is 0 Å². The van der Waals surface area contributed by atoms with Crippen LogP contribution in [0.1, 0.15) is 59.3 Å². The lowest BCUT2D eigenvalue weighted by molar-refractivity contribution is 0.0935. The van der Waals surface area contributed by atoms with E-state index in [-0.39, 0.29) is 16.8 Å². The molecule has 0 aliphatic heterocycles. The van der Waals surface area contributed by atoms with Crippen LogP contribution in [-0.2, 0) is 22.9 Å². The number of hydrogen-bond acceptors (Lipinski definition) is 3. The summed E-state index contributed by atoms with van der Waals surface area (Å²) in [6.45, 7) is 2.05. The number of anilines is 1. The fourth-order valence-corrected chi connectivity index (χ4v) is 5.24. The van der Waals surface area contributed by atoms with Gasteiger partial charge in [-0.1, -0.05) is 49.4 Å². The number of rotatable bonds is 7. The number of amides is 1. The summed E-state index contributed by atoms with van der Waals surface area (Å²) < 4.78 is 27.8. The number of fused-ring (bicyclic) bond motifs is 1. The van der Waals surface area contributed by atoms with Gasteiger partial charge < -0.3 is 5.32 Å². The number of carbonyl (C=O) groups excluding carboxylic acids is 1. The Morgan fingerprint density at radius 2 is 1.66 bits per heavy atom. The lowest BCUT2D eigenvalue weighted by Gasteiger charge is -2.22. The smallest absolute Gasteiger partial charge is 0.261 e. The fourth-order valence-electron chi connectivity index (χ4n) is 4.17. The summed E-state index contributed by atoms with van der Waals surface area (Å²) in [5, 5.41) is 3.11. The minimum absolute atomic E-state index is 0.0978. The van der Waals surface area contributed by atoms with Crippen LogP contribution in [0.5, 0.6) is 0 Å². The third-order valence-corrected chi connectivity index (χ3v) is 7.32. The molecule has 0 saturated heterocycles. The first-order valence-electron chi connectivity index (χ1n) is 11.1. The van der Waals surface area contributed by atoms with Crippen molar-refractivity contribution in [2.45, 2.75) is 50.0 Å². The minimum Gasteiger partial charge on any atom is -0.345 e. The van der Waals surface area contributed by atoms with E-state index in [1.165, 1.54) is 36.1 Å². The molecule has 1 aliphatic rings. The van der Waals surface area contributed by atoms with Crippen molar-refractivity contribution in [3.63, 3.8) is 0 Å². The van der Waals surface area contributed by atoms with Crippen molar-refractivity contribution < 1.29 is 13.2 Å². The number of benzene rings is 3. The molecule has 32 heavy (non-hydrogen) atoms. The number of sulfonamides is 1. The molecule has 0 spiro atoms. The first-order chi connectivity index (χ1) is 15.5. The predicted octanol–water partition coefficient (Wildman–Crippen LogP) is 5.25. The van der Waals surface area contributed by atoms with Crippen molar-refractivity contribution in [3.8, 4) is 0 Å². The molecule has 4 rings (SSSR count). The molecule has 1 amide bonds. The zero-order valence-electron chi connectivity index (χ0n) is 18.2. The number of carbonyl (C=O) groups is 1. The summed E-state index contributed by atoms with van der Waals surface area (Å²) in [6.07, 6.45) is 5.45. The van der Waals surface area contributed by atoms with Crippen LogP contribution in [0.4, 0.5) is 5.69 Å². The second kappa shape index (κ2) is 9.57. The van der Waals surface area contributed by atoms with E-state index in [9.17, 15) is 13.2 Å². The molecule has 6 heteroatoms. The Morgan fingerprint density at radius 3 is 2.41 bits per heavy atom. The van der Waals surface area contributed by atoms with Gasteiger partial charge in [0.05, 0.1) is 10.9 Å². The van der Waals surface area contributed by atoms with Crippen molar-refractivity contribution in [2.24, 2.45) is 0 Å². The normalized spacial score (nSPS) is 14.3. The monoisotopic (exact) mass is 448 g/mol. The van der Waals surface area contributed by atoms with E-state index in [2.05, 4.69) is 35.2 Å². The third kappa shape index (κ3) is 5.02. The van der Waals surface area contributed by atoms with Crippen molar-refractivity contribution in [1.29, 1.82) is 0 Å². The molecule has 0 saturated carbocycles. The van der Waals surface area contributed by atoms with Crippen molar-refractivity contribution in [2.75, 3.05) is 4.72 Å². The molecule has 0 fully saturated rings. The summed E-state index contributed by atoms with van der Waals surface area (Å²) in [6, 6.07) is 21.2. The maximum absolute atomic E-state index is 13.0. The number of hydrogen-bond donors (Lipinski definition) is 2. The Kier molecular flexibility index (Phi) is 6.61. The van der Waals surface area contributed by atoms with E-state index in [4.69, 9.17) is 0 Å². The summed E-state index contributed by atoms with van der Waals surface area (Å²) >= 11 is 0. The minimum atomic E-state index is -3.72. The topological polar surface area (TPSA) is 75.3 Å². The zero-order valence-corrected chi connectivity index (χ0v) is 19.0. The van der Waals surface area contributed by atoms with Gasteiger partial charge in [-0.3, -0.25) is 9.52 Å². The Hall–Kier alpha value is -3.12. The van der Waals surface area contributed by atoms with Crippen LogP contribution < -0.4 is 10.0 Å². The zero-order chi connectivity index (χ0) is 22.6. The van der Waals surface area contributed by atoms with E-state index in [0.29, 0.717) is 11.3 Å². The third-order valence-electron chi connectivity index (χ3n) is 5.92. The summed E-state index contributed by atoms with van der Waals surface area (Å²) in [7, 11) is -3.72. The number of aryl methyl sites for hydroxylation is 2. The van der Waals surface area contributed by atoms with Gasteiger partial charge in [0, 0.05) is 11.3 Å². The fraction of sp³-hybridized carbons (Fsp3) is 0.269. The molecule has 3 aromatic carbocycles. The quantitative estimate of drug-likeness (QED) is 0.519. The molecular weight excluding hydrogens is 420 g/mol. The van der Waals surface area contributed by atoms with Gasteiger partial charge in [0.1, 0.15) is 0 Å². The van der Waals surface area contributed by atoms with Crippen LogP contribution in [0.3, 0.4) is 0 Å². The molecule has 166 valence electrons. The van der Waals surface area contributed by atoms with Gasteiger partial charge in [-0.15, -0.1) is 0 Å². The van der Waals surface area contributed by atoms with Crippen LogP contribution in [-0.4, -0.2) is 14.3 Å². The summed E-state index contributed by atoms with van der Waals surface area (Å²) in [5.74, 6) is -0.227. The van der Waals surface area contributed by atoms with E-state index in [1.54, 1.807) is 42.5 Å². The van der Waals surface area contributed by atoms with Gasteiger partial charge in [0.15, 0.2) is 0 Å². The second-order valence-electron chi connectivity index (χ2n) is 8.17. The molecule has 0 aromatic heterocycles. The van der Waals surface area contributed by atoms with Crippen LogP contribution >= 0.6 is 0 Å². The molecular formula is C26H28N2O3S. The van der Waals surface area contributed by atoms with Gasteiger partial charge in [-0.05, 0) is 79.1 Å². The lowest BCUT2D eigenvalue weighted by atomic mass is 9.88. The van der Waals surface area contributed by atoms with Gasteiger partial charge in [-0.25, -0.2) is 8.42 Å². The Balaban J connectivity index is 1.50. The van der Waals surface area contributed by atoms with Gasteiger partial charge >= 0.3 is 0 Å². The van der Waals surface area contributed by atoms with Crippen LogP contribution in [0.15, 0.2) is 77.7 Å². The highest BCUT2D eigenvalue weighted by Gasteiger charge is 2.18. The van der Waals surface area contributed by atoms with E-state index in [0.717, 1.165) is 24.8 Å². The predicted molar refractivity (Wildman–Crippen MR) is 127 cm³/mol. The molecule has 0 bridgehead atoms. The second-order valence-corrected chi connectivity index (χ2v) is 9.85. The van der Waals surface area contributed by atoms with Crippen LogP contribution in [0.25, 0.3) is 0 Å². The standard InChI is InChI=1S/C26H28N2O3S/c1-2-25(21-16-15-19-9-6-7-10-20(19)17-21)27-26(29)22-11-8-12-23(18-22)28-32(30,31)24-13-4-3-5-14-24/h3-5,8,11-18,25,28H,2,6-7,9-10H2,1H3,(H,27,29). The molecule has 5 nitrogen and oxygen atoms in total. The first kappa shape index (κ1) is 22.1. The Labute approximate surface area is 189 Å². The van der Waals surface area contributed by atoms with Crippen LogP contribution in [0, 0.1) is 0 Å². The Bertz CT molecular complexity index is 1210. The average Bonchev–Trinajstić information content (AvgIpc) is 2.82. The highest BCUT2D eigenvalue weighted by atomic mass is 32.2. The maximum Gasteiger partial charge on any atom is 0.261 e. The summed E-state index contributed by atoms with van der Waals surface area (Å²) in [5.41, 5.74) is 4.68. The first-order valence-corrected chi connectivity index (χ1v) is 12.5. The molecule has 0 radical (unpaired) electrons. The molecule has 0 heterocycles. The highest BCUT2D eigenvalue weighted by Crippen LogP contribution is 2.26. The van der Waals surface area contributed by atoms with Gasteiger partial charge in [0.2, 0.25) is 0 Å².